The Morgan fingerprint density at radius 3 is 2.87 bits per heavy atom. The molecule has 1 aliphatic rings. The molecule has 0 radical (unpaired) electrons. The van der Waals surface area contributed by atoms with Crippen LogP contribution in [-0.2, 0) is 6.42 Å². The third-order valence-electron chi connectivity index (χ3n) is 2.85. The van der Waals surface area contributed by atoms with Crippen LogP contribution in [0.25, 0.3) is 0 Å². The molecule has 1 fully saturated rings. The van der Waals surface area contributed by atoms with E-state index in [-0.39, 0.29) is 0 Å². The lowest BCUT2D eigenvalue weighted by molar-refractivity contribution is 0.400. The summed E-state index contributed by atoms with van der Waals surface area (Å²) in [5, 5.41) is 7.78. The van der Waals surface area contributed by atoms with Gasteiger partial charge < -0.3 is 10.6 Å². The van der Waals surface area contributed by atoms with Crippen LogP contribution in [0.3, 0.4) is 0 Å². The second kappa shape index (κ2) is 5.50. The Kier molecular flexibility index (Phi) is 4.01. The van der Waals surface area contributed by atoms with E-state index in [1.807, 2.05) is 18.2 Å². The van der Waals surface area contributed by atoms with Crippen LogP contribution in [0.4, 0.5) is 0 Å². The molecule has 15 heavy (non-hydrogen) atoms. The molecule has 0 saturated carbocycles. The molecule has 1 aromatic carbocycles. The zero-order valence-corrected chi connectivity index (χ0v) is 9.56. The smallest absolute Gasteiger partial charge is 0.0437 e. The molecule has 0 aliphatic carbocycles. The molecule has 2 nitrogen and oxygen atoms in total. The first-order valence-corrected chi connectivity index (χ1v) is 5.91. The number of rotatable bonds is 3. The summed E-state index contributed by atoms with van der Waals surface area (Å²) < 4.78 is 0. The standard InChI is InChI=1S/C12H17ClN2/c13-12-4-2-1-3-10(12)5-6-11-9-14-7-8-15-11/h1-4,11,14-15H,5-9H2/t11-/m0/s1. The minimum Gasteiger partial charge on any atom is -0.314 e. The van der Waals surface area contributed by atoms with Gasteiger partial charge in [0.25, 0.3) is 0 Å². The summed E-state index contributed by atoms with van der Waals surface area (Å²) in [4.78, 5) is 0. The van der Waals surface area contributed by atoms with Gasteiger partial charge >= 0.3 is 0 Å². The predicted octanol–water partition coefficient (Wildman–Crippen LogP) is 1.83. The molecule has 1 saturated heterocycles. The zero-order chi connectivity index (χ0) is 10.5. The van der Waals surface area contributed by atoms with Gasteiger partial charge in [0.2, 0.25) is 0 Å². The van der Waals surface area contributed by atoms with Gasteiger partial charge in [0.05, 0.1) is 0 Å². The molecule has 1 aromatic rings. The highest BCUT2D eigenvalue weighted by Gasteiger charge is 2.11. The van der Waals surface area contributed by atoms with E-state index in [0.717, 1.165) is 37.5 Å². The van der Waals surface area contributed by atoms with Crippen LogP contribution in [0.15, 0.2) is 24.3 Å². The summed E-state index contributed by atoms with van der Waals surface area (Å²) in [7, 11) is 0. The fourth-order valence-electron chi connectivity index (χ4n) is 1.95. The molecule has 3 heteroatoms. The maximum absolute atomic E-state index is 6.11. The van der Waals surface area contributed by atoms with Gasteiger partial charge in [0, 0.05) is 30.7 Å². The lowest BCUT2D eigenvalue weighted by Gasteiger charge is -2.24. The first-order chi connectivity index (χ1) is 7.36. The van der Waals surface area contributed by atoms with Gasteiger partial charge in [0.1, 0.15) is 0 Å². The van der Waals surface area contributed by atoms with Crippen LogP contribution in [0.1, 0.15) is 12.0 Å². The van der Waals surface area contributed by atoms with Crippen molar-refractivity contribution in [2.75, 3.05) is 19.6 Å². The van der Waals surface area contributed by atoms with E-state index in [1.165, 1.54) is 5.56 Å². The number of halogens is 1. The summed E-state index contributed by atoms with van der Waals surface area (Å²) >= 11 is 6.11. The Bertz CT molecular complexity index is 308. The normalized spacial score (nSPS) is 21.5. The average Bonchev–Trinajstić information content (AvgIpc) is 2.29. The summed E-state index contributed by atoms with van der Waals surface area (Å²) in [5.74, 6) is 0. The van der Waals surface area contributed by atoms with Crippen LogP contribution >= 0.6 is 11.6 Å². The Morgan fingerprint density at radius 1 is 1.27 bits per heavy atom. The van der Waals surface area contributed by atoms with E-state index in [0.29, 0.717) is 6.04 Å². The van der Waals surface area contributed by atoms with Crippen molar-refractivity contribution in [3.8, 4) is 0 Å². The van der Waals surface area contributed by atoms with Crippen molar-refractivity contribution in [2.45, 2.75) is 18.9 Å². The maximum Gasteiger partial charge on any atom is 0.0437 e. The first kappa shape index (κ1) is 10.9. The van der Waals surface area contributed by atoms with Crippen LogP contribution < -0.4 is 10.6 Å². The van der Waals surface area contributed by atoms with E-state index >= 15 is 0 Å². The fourth-order valence-corrected chi connectivity index (χ4v) is 2.18. The van der Waals surface area contributed by atoms with E-state index < -0.39 is 0 Å². The van der Waals surface area contributed by atoms with E-state index in [2.05, 4.69) is 16.7 Å². The summed E-state index contributed by atoms with van der Waals surface area (Å²) in [6.45, 7) is 3.24. The number of hydrogen-bond acceptors (Lipinski definition) is 2. The topological polar surface area (TPSA) is 24.1 Å². The summed E-state index contributed by atoms with van der Waals surface area (Å²) in [6.07, 6.45) is 2.20. The number of hydrogen-bond donors (Lipinski definition) is 2. The Labute approximate surface area is 96.0 Å². The van der Waals surface area contributed by atoms with Crippen molar-refractivity contribution in [3.05, 3.63) is 34.9 Å². The number of nitrogens with one attached hydrogen (secondary N) is 2. The van der Waals surface area contributed by atoms with Crippen molar-refractivity contribution in [1.82, 2.24) is 10.6 Å². The lowest BCUT2D eigenvalue weighted by atomic mass is 10.0. The molecule has 0 spiro atoms. The highest BCUT2D eigenvalue weighted by atomic mass is 35.5. The molecule has 1 atom stereocenters. The second-order valence-electron chi connectivity index (χ2n) is 3.99. The van der Waals surface area contributed by atoms with Gasteiger partial charge in [-0.15, -0.1) is 0 Å². The molecule has 1 heterocycles. The van der Waals surface area contributed by atoms with Gasteiger partial charge in [-0.3, -0.25) is 0 Å². The molecule has 2 rings (SSSR count). The quantitative estimate of drug-likeness (QED) is 0.819. The number of aryl methyl sites for hydroxylation is 1. The fraction of sp³-hybridized carbons (Fsp3) is 0.500. The van der Waals surface area contributed by atoms with Gasteiger partial charge in [-0.25, -0.2) is 0 Å². The van der Waals surface area contributed by atoms with Crippen LogP contribution in [0, 0.1) is 0 Å². The third-order valence-corrected chi connectivity index (χ3v) is 3.21. The third kappa shape index (κ3) is 3.20. The predicted molar refractivity (Wildman–Crippen MR) is 64.4 cm³/mol. The number of piperazine rings is 1. The Hall–Kier alpha value is -0.570. The minimum absolute atomic E-state index is 0.593. The van der Waals surface area contributed by atoms with Crippen molar-refractivity contribution in [3.63, 3.8) is 0 Å². The van der Waals surface area contributed by atoms with Gasteiger partial charge in [0.15, 0.2) is 0 Å². The molecular formula is C12H17ClN2. The zero-order valence-electron chi connectivity index (χ0n) is 8.80. The molecular weight excluding hydrogens is 208 g/mol. The molecule has 0 bridgehead atoms. The lowest BCUT2D eigenvalue weighted by Crippen LogP contribution is -2.48. The highest BCUT2D eigenvalue weighted by molar-refractivity contribution is 6.31. The minimum atomic E-state index is 0.593. The van der Waals surface area contributed by atoms with Gasteiger partial charge in [-0.05, 0) is 24.5 Å². The van der Waals surface area contributed by atoms with Crippen LogP contribution in [-0.4, -0.2) is 25.7 Å². The maximum atomic E-state index is 6.11. The molecule has 2 N–H and O–H groups in total. The number of benzene rings is 1. The SMILES string of the molecule is Clc1ccccc1CC[C@H]1CNCCN1. The summed E-state index contributed by atoms with van der Waals surface area (Å²) in [5.41, 5.74) is 1.26. The van der Waals surface area contributed by atoms with Crippen molar-refractivity contribution in [1.29, 1.82) is 0 Å². The van der Waals surface area contributed by atoms with E-state index in [9.17, 15) is 0 Å². The molecule has 0 aromatic heterocycles. The Morgan fingerprint density at radius 2 is 2.13 bits per heavy atom. The van der Waals surface area contributed by atoms with Crippen molar-refractivity contribution in [2.24, 2.45) is 0 Å². The first-order valence-electron chi connectivity index (χ1n) is 5.54. The van der Waals surface area contributed by atoms with Crippen LogP contribution in [0.5, 0.6) is 0 Å². The van der Waals surface area contributed by atoms with Gasteiger partial charge in [-0.1, -0.05) is 29.8 Å². The summed E-state index contributed by atoms with van der Waals surface area (Å²) in [6, 6.07) is 8.69. The highest BCUT2D eigenvalue weighted by Crippen LogP contribution is 2.17. The van der Waals surface area contributed by atoms with E-state index in [1.54, 1.807) is 0 Å². The van der Waals surface area contributed by atoms with Crippen molar-refractivity contribution < 1.29 is 0 Å². The monoisotopic (exact) mass is 224 g/mol. The van der Waals surface area contributed by atoms with Crippen molar-refractivity contribution >= 4 is 11.6 Å². The largest absolute Gasteiger partial charge is 0.314 e. The average molecular weight is 225 g/mol. The Balaban J connectivity index is 1.84. The van der Waals surface area contributed by atoms with Gasteiger partial charge in [-0.2, -0.15) is 0 Å². The molecule has 1 aliphatic heterocycles. The molecule has 0 unspecified atom stereocenters. The molecule has 0 amide bonds. The van der Waals surface area contributed by atoms with E-state index in [4.69, 9.17) is 11.6 Å². The molecule has 82 valence electrons. The van der Waals surface area contributed by atoms with Crippen LogP contribution in [0.2, 0.25) is 5.02 Å². The second-order valence-corrected chi connectivity index (χ2v) is 4.39.